The lowest BCUT2D eigenvalue weighted by molar-refractivity contribution is 0.109. The molecule has 0 fully saturated rings. The molecular weight excluding hydrogens is 286 g/mol. The van der Waals surface area contributed by atoms with Crippen LogP contribution in [0.25, 0.3) is 0 Å². The van der Waals surface area contributed by atoms with E-state index in [1.54, 1.807) is 11.8 Å². The number of rotatable bonds is 7. The van der Waals surface area contributed by atoms with Crippen molar-refractivity contribution in [3.63, 3.8) is 0 Å². The molecule has 2 aromatic rings. The molecule has 0 saturated carbocycles. The Morgan fingerprint density at radius 1 is 1.50 bits per heavy atom. The van der Waals surface area contributed by atoms with Crippen LogP contribution in [0.2, 0.25) is 0 Å². The van der Waals surface area contributed by atoms with Crippen molar-refractivity contribution in [2.75, 3.05) is 18.4 Å². The van der Waals surface area contributed by atoms with Crippen molar-refractivity contribution in [2.24, 2.45) is 0 Å². The molecule has 0 atom stereocenters. The van der Waals surface area contributed by atoms with E-state index in [0.29, 0.717) is 25.1 Å². The van der Waals surface area contributed by atoms with Gasteiger partial charge in [-0.3, -0.25) is 14.2 Å². The van der Waals surface area contributed by atoms with Crippen LogP contribution in [0.5, 0.6) is 0 Å². The topological polar surface area (TPSA) is 103 Å². The summed E-state index contributed by atoms with van der Waals surface area (Å²) in [5.74, 6) is -0.0545. The highest BCUT2D eigenvalue weighted by Crippen LogP contribution is 2.17. The van der Waals surface area contributed by atoms with E-state index in [4.69, 9.17) is 9.15 Å². The van der Waals surface area contributed by atoms with Crippen LogP contribution in [0.4, 0.5) is 5.69 Å². The molecule has 108 valence electrons. The maximum absolute atomic E-state index is 12.0. The summed E-state index contributed by atoms with van der Waals surface area (Å²) in [6.45, 7) is 0.975. The van der Waals surface area contributed by atoms with Crippen LogP contribution >= 0.6 is 0 Å². The number of aromatic nitrogens is 2. The van der Waals surface area contributed by atoms with Crippen molar-refractivity contribution < 1.29 is 22.4 Å². The van der Waals surface area contributed by atoms with E-state index in [1.165, 1.54) is 24.5 Å². The molecule has 20 heavy (non-hydrogen) atoms. The molecule has 0 unspecified atom stereocenters. The van der Waals surface area contributed by atoms with Gasteiger partial charge in [0.25, 0.3) is 10.0 Å². The number of nitrogens with one attached hydrogen (secondary N) is 1. The fraction of sp³-hybridized carbons (Fsp3) is 0.273. The van der Waals surface area contributed by atoms with Crippen molar-refractivity contribution >= 4 is 22.0 Å². The van der Waals surface area contributed by atoms with Crippen LogP contribution in [0.15, 0.2) is 34.0 Å². The maximum Gasteiger partial charge on any atom is 0.295 e. The molecule has 2 aromatic heterocycles. The fourth-order valence-corrected chi connectivity index (χ4v) is 2.44. The van der Waals surface area contributed by atoms with Crippen LogP contribution in [-0.2, 0) is 21.3 Å². The third kappa shape index (κ3) is 3.25. The Labute approximate surface area is 115 Å². The van der Waals surface area contributed by atoms with E-state index in [0.717, 1.165) is 0 Å². The molecule has 0 radical (unpaired) electrons. The molecule has 0 aromatic carbocycles. The SMILES string of the molecule is COCCn1cc(NS(=O)(=O)c2ccc(C=O)o2)cn1. The van der Waals surface area contributed by atoms with Crippen molar-refractivity contribution in [3.8, 4) is 0 Å². The minimum absolute atomic E-state index is 0.0545. The monoisotopic (exact) mass is 299 g/mol. The fourth-order valence-electron chi connectivity index (χ4n) is 1.47. The zero-order valence-corrected chi connectivity index (χ0v) is 11.5. The van der Waals surface area contributed by atoms with Crippen LogP contribution in [0.3, 0.4) is 0 Å². The van der Waals surface area contributed by atoms with E-state index in [1.807, 2.05) is 0 Å². The lowest BCUT2D eigenvalue weighted by atomic mass is 10.5. The van der Waals surface area contributed by atoms with Crippen LogP contribution in [0, 0.1) is 0 Å². The molecule has 0 spiro atoms. The van der Waals surface area contributed by atoms with Gasteiger partial charge in [-0.2, -0.15) is 13.5 Å². The highest BCUT2D eigenvalue weighted by Gasteiger charge is 2.19. The van der Waals surface area contributed by atoms with Gasteiger partial charge in [0, 0.05) is 13.3 Å². The Morgan fingerprint density at radius 3 is 2.95 bits per heavy atom. The highest BCUT2D eigenvalue weighted by molar-refractivity contribution is 7.92. The number of nitrogens with zero attached hydrogens (tertiary/aromatic N) is 2. The second kappa shape index (κ2) is 5.88. The third-order valence-corrected chi connectivity index (χ3v) is 3.65. The van der Waals surface area contributed by atoms with Crippen LogP contribution in [0.1, 0.15) is 10.6 Å². The molecular formula is C11H13N3O5S. The van der Waals surface area contributed by atoms with Gasteiger partial charge in [0.1, 0.15) is 0 Å². The molecule has 0 aliphatic heterocycles. The average Bonchev–Trinajstić information content (AvgIpc) is 3.04. The second-order valence-corrected chi connectivity index (χ2v) is 5.48. The highest BCUT2D eigenvalue weighted by atomic mass is 32.2. The molecule has 9 heteroatoms. The molecule has 2 heterocycles. The van der Waals surface area contributed by atoms with Crippen molar-refractivity contribution in [3.05, 3.63) is 30.3 Å². The van der Waals surface area contributed by atoms with E-state index in [9.17, 15) is 13.2 Å². The summed E-state index contributed by atoms with van der Waals surface area (Å²) < 4.78 is 37.6. The number of ether oxygens (including phenoxy) is 1. The predicted octanol–water partition coefficient (Wildman–Crippen LogP) is 0.736. The van der Waals surface area contributed by atoms with Gasteiger partial charge in [0.15, 0.2) is 12.0 Å². The molecule has 8 nitrogen and oxygen atoms in total. The van der Waals surface area contributed by atoms with Crippen LogP contribution in [-0.4, -0.2) is 38.2 Å². The van der Waals surface area contributed by atoms with Gasteiger partial charge in [-0.25, -0.2) is 0 Å². The molecule has 0 aliphatic carbocycles. The minimum atomic E-state index is -3.87. The van der Waals surface area contributed by atoms with E-state index in [-0.39, 0.29) is 10.9 Å². The van der Waals surface area contributed by atoms with Gasteiger partial charge < -0.3 is 9.15 Å². The lowest BCUT2D eigenvalue weighted by Crippen LogP contribution is -2.11. The number of carbonyl (C=O) groups is 1. The first-order valence-corrected chi connectivity index (χ1v) is 7.12. The maximum atomic E-state index is 12.0. The van der Waals surface area contributed by atoms with E-state index >= 15 is 0 Å². The summed E-state index contributed by atoms with van der Waals surface area (Å²) in [7, 11) is -2.31. The first kappa shape index (κ1) is 14.3. The third-order valence-electron chi connectivity index (χ3n) is 2.39. The molecule has 0 bridgehead atoms. The number of carbonyl (C=O) groups excluding carboxylic acids is 1. The normalized spacial score (nSPS) is 11.4. The largest absolute Gasteiger partial charge is 0.440 e. The Kier molecular flexibility index (Phi) is 4.20. The number of sulfonamides is 1. The number of furan rings is 1. The second-order valence-electron chi connectivity index (χ2n) is 3.87. The zero-order chi connectivity index (χ0) is 14.6. The lowest BCUT2D eigenvalue weighted by Gasteiger charge is -2.02. The summed E-state index contributed by atoms with van der Waals surface area (Å²) in [6.07, 6.45) is 3.33. The smallest absolute Gasteiger partial charge is 0.295 e. The van der Waals surface area contributed by atoms with Crippen molar-refractivity contribution in [1.82, 2.24) is 9.78 Å². The molecule has 0 saturated heterocycles. The number of hydrogen-bond acceptors (Lipinski definition) is 6. The zero-order valence-electron chi connectivity index (χ0n) is 10.6. The van der Waals surface area contributed by atoms with Crippen molar-refractivity contribution in [2.45, 2.75) is 11.6 Å². The summed E-state index contributed by atoms with van der Waals surface area (Å²) in [4.78, 5) is 10.5. The quantitative estimate of drug-likeness (QED) is 0.756. The standard InChI is InChI=1S/C11H13N3O5S/c1-18-5-4-14-7-9(6-12-14)13-20(16,17)11-3-2-10(8-15)19-11/h2-3,6-8,13H,4-5H2,1H3. The summed E-state index contributed by atoms with van der Waals surface area (Å²) in [6, 6.07) is 2.49. The number of methoxy groups -OCH3 is 1. The van der Waals surface area contributed by atoms with E-state index < -0.39 is 10.0 Å². The molecule has 0 aliphatic rings. The van der Waals surface area contributed by atoms with Gasteiger partial charge >= 0.3 is 0 Å². The van der Waals surface area contributed by atoms with Gasteiger partial charge in [-0.1, -0.05) is 0 Å². The molecule has 0 amide bonds. The number of hydrogen-bond donors (Lipinski definition) is 1. The predicted molar refractivity (Wildman–Crippen MR) is 69.0 cm³/mol. The summed E-state index contributed by atoms with van der Waals surface area (Å²) >= 11 is 0. The Morgan fingerprint density at radius 2 is 2.30 bits per heavy atom. The molecule has 1 N–H and O–H groups in total. The minimum Gasteiger partial charge on any atom is -0.440 e. The van der Waals surface area contributed by atoms with Crippen LogP contribution < -0.4 is 4.72 Å². The first-order chi connectivity index (χ1) is 9.55. The Balaban J connectivity index is 2.11. The summed E-state index contributed by atoms with van der Waals surface area (Å²) in [5.41, 5.74) is 0.296. The summed E-state index contributed by atoms with van der Waals surface area (Å²) in [5, 5.41) is 3.65. The van der Waals surface area contributed by atoms with Gasteiger partial charge in [-0.15, -0.1) is 0 Å². The van der Waals surface area contributed by atoms with Crippen molar-refractivity contribution in [1.29, 1.82) is 0 Å². The number of aldehydes is 1. The molecule has 2 rings (SSSR count). The van der Waals surface area contributed by atoms with E-state index in [2.05, 4.69) is 9.82 Å². The van der Waals surface area contributed by atoms with Gasteiger partial charge in [0.05, 0.1) is 25.0 Å². The van der Waals surface area contributed by atoms with Gasteiger partial charge in [-0.05, 0) is 12.1 Å². The first-order valence-electron chi connectivity index (χ1n) is 5.64. The Bertz CT molecular complexity index is 688. The Hall–Kier alpha value is -2.13. The average molecular weight is 299 g/mol. The number of anilines is 1. The van der Waals surface area contributed by atoms with Gasteiger partial charge in [0.2, 0.25) is 5.09 Å².